The van der Waals surface area contributed by atoms with Gasteiger partial charge in [-0.25, -0.2) is 4.39 Å². The molecule has 1 aromatic heterocycles. The minimum atomic E-state index is -0.339. The van der Waals surface area contributed by atoms with Gasteiger partial charge in [0, 0.05) is 24.6 Å². The molecule has 1 saturated heterocycles. The summed E-state index contributed by atoms with van der Waals surface area (Å²) in [5.41, 5.74) is 3.84. The van der Waals surface area contributed by atoms with Gasteiger partial charge in [-0.15, -0.1) is 10.2 Å². The number of benzene rings is 2. The maximum absolute atomic E-state index is 13.0. The molecule has 6 nitrogen and oxygen atoms in total. The maximum atomic E-state index is 13.0. The molecular weight excluding hydrogens is 403 g/mol. The molecule has 30 heavy (non-hydrogen) atoms. The van der Waals surface area contributed by atoms with Gasteiger partial charge in [-0.3, -0.25) is 9.59 Å². The van der Waals surface area contributed by atoms with Crippen molar-refractivity contribution in [2.24, 2.45) is 0 Å². The van der Waals surface area contributed by atoms with Crippen molar-refractivity contribution in [3.63, 3.8) is 0 Å². The first-order valence-electron chi connectivity index (χ1n) is 9.64. The van der Waals surface area contributed by atoms with Crippen LogP contribution in [0.1, 0.15) is 34.0 Å². The largest absolute Gasteiger partial charge is 0.312 e. The lowest BCUT2D eigenvalue weighted by Gasteiger charge is -2.17. The second kappa shape index (κ2) is 8.31. The van der Waals surface area contributed by atoms with Crippen molar-refractivity contribution in [3.8, 4) is 0 Å². The van der Waals surface area contributed by atoms with Crippen LogP contribution in [0.2, 0.25) is 0 Å². The molecule has 8 heteroatoms. The van der Waals surface area contributed by atoms with Crippen LogP contribution in [0.15, 0.2) is 42.5 Å². The first kappa shape index (κ1) is 20.2. The third-order valence-electron chi connectivity index (χ3n) is 4.96. The predicted molar refractivity (Wildman–Crippen MR) is 114 cm³/mol. The molecule has 154 valence electrons. The van der Waals surface area contributed by atoms with Crippen molar-refractivity contribution in [2.75, 3.05) is 16.8 Å². The van der Waals surface area contributed by atoms with Gasteiger partial charge in [0.25, 0.3) is 0 Å². The zero-order valence-electron chi connectivity index (χ0n) is 16.7. The fraction of sp³-hybridized carbons (Fsp3) is 0.273. The lowest BCUT2D eigenvalue weighted by Crippen LogP contribution is -2.24. The predicted octanol–water partition coefficient (Wildman–Crippen LogP) is 4.00. The summed E-state index contributed by atoms with van der Waals surface area (Å²) >= 11 is 1.28. The second-order valence-corrected chi connectivity index (χ2v) is 8.56. The quantitative estimate of drug-likeness (QED) is 0.672. The molecule has 1 fully saturated rings. The van der Waals surface area contributed by atoms with E-state index in [1.165, 1.54) is 23.5 Å². The van der Waals surface area contributed by atoms with Crippen LogP contribution in [0.4, 0.5) is 15.2 Å². The van der Waals surface area contributed by atoms with Crippen molar-refractivity contribution in [1.29, 1.82) is 0 Å². The summed E-state index contributed by atoms with van der Waals surface area (Å²) in [7, 11) is 0. The number of halogens is 1. The highest BCUT2D eigenvalue weighted by Gasteiger charge is 2.34. The third kappa shape index (κ3) is 4.54. The van der Waals surface area contributed by atoms with Gasteiger partial charge in [0.2, 0.25) is 16.9 Å². The molecule has 2 aromatic carbocycles. The van der Waals surface area contributed by atoms with E-state index in [1.54, 1.807) is 17.0 Å². The number of carbonyl (C=O) groups excluding carboxylic acids is 2. The van der Waals surface area contributed by atoms with E-state index >= 15 is 0 Å². The number of nitrogens with zero attached hydrogens (tertiary/aromatic N) is 3. The lowest BCUT2D eigenvalue weighted by atomic mass is 10.1. The van der Waals surface area contributed by atoms with Crippen molar-refractivity contribution in [2.45, 2.75) is 32.6 Å². The van der Waals surface area contributed by atoms with E-state index in [0.29, 0.717) is 23.7 Å². The van der Waals surface area contributed by atoms with Crippen LogP contribution >= 0.6 is 11.3 Å². The molecule has 1 aliphatic heterocycles. The number of nitrogens with one attached hydrogen (secondary N) is 1. The summed E-state index contributed by atoms with van der Waals surface area (Å²) in [6.45, 7) is 4.57. The summed E-state index contributed by atoms with van der Waals surface area (Å²) in [5.74, 6) is -0.585. The number of hydrogen-bond acceptors (Lipinski definition) is 5. The van der Waals surface area contributed by atoms with E-state index in [9.17, 15) is 14.0 Å². The third-order valence-corrected chi connectivity index (χ3v) is 5.96. The van der Waals surface area contributed by atoms with Crippen LogP contribution in [0.5, 0.6) is 0 Å². The average Bonchev–Trinajstić information content (AvgIpc) is 3.29. The Kier molecular flexibility index (Phi) is 5.59. The standard InChI is InChI=1S/C22H21FN4O2S/c1-13-7-14(2)9-18(8-13)27-12-16(11-20(27)29)21-25-26-22(30-21)24-19(28)10-15-3-5-17(23)6-4-15/h3-9,16H,10-12H2,1-2H3,(H,24,26,28)/t16-/m0/s1. The first-order chi connectivity index (χ1) is 14.4. The molecule has 1 aliphatic rings. The molecule has 0 bridgehead atoms. The minimum absolute atomic E-state index is 0.0569. The van der Waals surface area contributed by atoms with Gasteiger partial charge >= 0.3 is 0 Å². The van der Waals surface area contributed by atoms with Crippen molar-refractivity contribution in [3.05, 3.63) is 70.0 Å². The highest BCUT2D eigenvalue weighted by molar-refractivity contribution is 7.15. The number of amides is 2. The summed E-state index contributed by atoms with van der Waals surface area (Å²) < 4.78 is 13.0. The molecule has 2 amide bonds. The van der Waals surface area contributed by atoms with Crippen LogP contribution in [-0.4, -0.2) is 28.6 Å². The molecule has 3 aromatic rings. The van der Waals surface area contributed by atoms with Crippen LogP contribution < -0.4 is 10.2 Å². The number of aromatic nitrogens is 2. The maximum Gasteiger partial charge on any atom is 0.230 e. The Labute approximate surface area is 177 Å². The first-order valence-corrected chi connectivity index (χ1v) is 10.5. The number of carbonyl (C=O) groups is 2. The summed E-state index contributed by atoms with van der Waals surface area (Å²) in [5, 5.41) is 12.1. The van der Waals surface area contributed by atoms with Crippen LogP contribution in [0.3, 0.4) is 0 Å². The Morgan fingerprint density at radius 1 is 1.17 bits per heavy atom. The fourth-order valence-electron chi connectivity index (χ4n) is 3.63. The van der Waals surface area contributed by atoms with Crippen molar-refractivity contribution >= 4 is 34.0 Å². The summed E-state index contributed by atoms with van der Waals surface area (Å²) in [6.07, 6.45) is 0.489. The highest BCUT2D eigenvalue weighted by atomic mass is 32.1. The van der Waals surface area contributed by atoms with E-state index in [4.69, 9.17) is 0 Å². The molecule has 0 saturated carbocycles. The molecule has 0 unspecified atom stereocenters. The minimum Gasteiger partial charge on any atom is -0.312 e. The molecule has 1 N–H and O–H groups in total. The monoisotopic (exact) mass is 424 g/mol. The van der Waals surface area contributed by atoms with E-state index < -0.39 is 0 Å². The Hall–Kier alpha value is -3.13. The number of aryl methyl sites for hydroxylation is 2. The van der Waals surface area contributed by atoms with Gasteiger partial charge in [0.1, 0.15) is 10.8 Å². The molecule has 2 heterocycles. The fourth-order valence-corrected chi connectivity index (χ4v) is 4.48. The normalized spacial score (nSPS) is 16.2. The lowest BCUT2D eigenvalue weighted by molar-refractivity contribution is -0.117. The molecule has 0 aliphatic carbocycles. The van der Waals surface area contributed by atoms with Gasteiger partial charge in [0.15, 0.2) is 0 Å². The van der Waals surface area contributed by atoms with Crippen LogP contribution in [-0.2, 0) is 16.0 Å². The van der Waals surface area contributed by atoms with Gasteiger partial charge in [0.05, 0.1) is 6.42 Å². The molecule has 0 spiro atoms. The Morgan fingerprint density at radius 3 is 2.57 bits per heavy atom. The van der Waals surface area contributed by atoms with Crippen LogP contribution in [0.25, 0.3) is 0 Å². The van der Waals surface area contributed by atoms with Gasteiger partial charge < -0.3 is 10.2 Å². The smallest absolute Gasteiger partial charge is 0.230 e. The van der Waals surface area contributed by atoms with Gasteiger partial charge in [-0.05, 0) is 54.8 Å². The zero-order valence-corrected chi connectivity index (χ0v) is 17.5. The second-order valence-electron chi connectivity index (χ2n) is 7.55. The Morgan fingerprint density at radius 2 is 1.87 bits per heavy atom. The molecule has 1 atom stereocenters. The van der Waals surface area contributed by atoms with E-state index in [0.717, 1.165) is 21.8 Å². The zero-order chi connectivity index (χ0) is 21.3. The topological polar surface area (TPSA) is 75.2 Å². The Balaban J connectivity index is 1.40. The molecular formula is C22H21FN4O2S. The van der Waals surface area contributed by atoms with Gasteiger partial charge in [-0.2, -0.15) is 0 Å². The van der Waals surface area contributed by atoms with E-state index in [2.05, 4.69) is 21.6 Å². The molecule has 0 radical (unpaired) electrons. The van der Waals surface area contributed by atoms with Crippen molar-refractivity contribution in [1.82, 2.24) is 10.2 Å². The summed E-state index contributed by atoms with van der Waals surface area (Å²) in [6, 6.07) is 11.9. The van der Waals surface area contributed by atoms with Gasteiger partial charge in [-0.1, -0.05) is 29.5 Å². The number of rotatable bonds is 5. The van der Waals surface area contributed by atoms with Crippen molar-refractivity contribution < 1.29 is 14.0 Å². The van der Waals surface area contributed by atoms with E-state index in [1.807, 2.05) is 26.0 Å². The highest BCUT2D eigenvalue weighted by Crippen LogP contribution is 2.34. The summed E-state index contributed by atoms with van der Waals surface area (Å²) in [4.78, 5) is 26.6. The number of hydrogen-bond donors (Lipinski definition) is 1. The number of anilines is 2. The Bertz CT molecular complexity index is 1080. The van der Waals surface area contributed by atoms with E-state index in [-0.39, 0.29) is 30.0 Å². The SMILES string of the molecule is Cc1cc(C)cc(N2C[C@@H](c3nnc(NC(=O)Cc4ccc(F)cc4)s3)CC2=O)c1. The van der Waals surface area contributed by atoms with Crippen LogP contribution in [0, 0.1) is 19.7 Å². The molecule has 4 rings (SSSR count). The average molecular weight is 425 g/mol.